The fraction of sp³-hybridized carbons (Fsp3) is 0.280. The zero-order chi connectivity index (χ0) is 24.2. The number of nitrogens with one attached hydrogen (secondary N) is 1. The Hall–Kier alpha value is -4.32. The molecule has 4 rings (SSSR count). The van der Waals surface area contributed by atoms with E-state index in [1.54, 1.807) is 33.5 Å². The van der Waals surface area contributed by atoms with E-state index < -0.39 is 5.92 Å². The van der Waals surface area contributed by atoms with E-state index in [0.29, 0.717) is 46.4 Å². The average Bonchev–Trinajstić information content (AvgIpc) is 3.29. The SMILES string of the molecule is CCCOc1ccccc1[C@@H]1C(C#N)=C(N)Oc2n[nH]c(-c3cc(OC)c(OC)c(OC)c3)c21. The highest BCUT2D eigenvalue weighted by atomic mass is 16.5. The monoisotopic (exact) mass is 462 g/mol. The zero-order valence-corrected chi connectivity index (χ0v) is 19.5. The molecule has 1 aliphatic heterocycles. The van der Waals surface area contributed by atoms with Crippen LogP contribution >= 0.6 is 0 Å². The highest BCUT2D eigenvalue weighted by Gasteiger charge is 2.37. The van der Waals surface area contributed by atoms with Crippen molar-refractivity contribution in [1.29, 1.82) is 5.26 Å². The van der Waals surface area contributed by atoms with Crippen molar-refractivity contribution in [1.82, 2.24) is 10.2 Å². The van der Waals surface area contributed by atoms with Crippen LogP contribution in [0.25, 0.3) is 11.3 Å². The van der Waals surface area contributed by atoms with Crippen molar-refractivity contribution in [2.45, 2.75) is 19.3 Å². The van der Waals surface area contributed by atoms with Crippen LogP contribution in [0.3, 0.4) is 0 Å². The van der Waals surface area contributed by atoms with E-state index in [-0.39, 0.29) is 17.3 Å². The minimum absolute atomic E-state index is 0.00763. The molecular formula is C25H26N4O5. The van der Waals surface area contributed by atoms with Crippen molar-refractivity contribution >= 4 is 0 Å². The van der Waals surface area contributed by atoms with Crippen LogP contribution < -0.4 is 29.4 Å². The number of aromatic amines is 1. The molecule has 1 aliphatic rings. The van der Waals surface area contributed by atoms with Gasteiger partial charge in [-0.15, -0.1) is 5.10 Å². The van der Waals surface area contributed by atoms with Crippen molar-refractivity contribution in [2.24, 2.45) is 5.73 Å². The molecule has 0 aliphatic carbocycles. The number of fused-ring (bicyclic) bond motifs is 1. The maximum absolute atomic E-state index is 10.0. The number of allylic oxidation sites excluding steroid dienone is 1. The summed E-state index contributed by atoms with van der Waals surface area (Å²) in [5.41, 5.74) is 9.20. The van der Waals surface area contributed by atoms with Crippen molar-refractivity contribution in [3.05, 3.63) is 59.0 Å². The number of rotatable bonds is 8. The molecule has 2 heterocycles. The van der Waals surface area contributed by atoms with Gasteiger partial charge in [0.1, 0.15) is 17.4 Å². The molecule has 2 aromatic carbocycles. The number of para-hydroxylation sites is 1. The Kier molecular flexibility index (Phi) is 6.50. The summed E-state index contributed by atoms with van der Waals surface area (Å²) in [4.78, 5) is 0. The Morgan fingerprint density at radius 3 is 2.41 bits per heavy atom. The topological polar surface area (TPSA) is 125 Å². The Bertz CT molecular complexity index is 1250. The first kappa shape index (κ1) is 22.9. The second kappa shape index (κ2) is 9.67. The van der Waals surface area contributed by atoms with Crippen LogP contribution in [0.1, 0.15) is 30.4 Å². The molecule has 9 nitrogen and oxygen atoms in total. The van der Waals surface area contributed by atoms with Crippen molar-refractivity contribution in [3.8, 4) is 46.2 Å². The number of nitrogens with two attached hydrogens (primary N) is 1. The third kappa shape index (κ3) is 3.83. The largest absolute Gasteiger partial charge is 0.493 e. The van der Waals surface area contributed by atoms with Gasteiger partial charge in [0.15, 0.2) is 11.5 Å². The standard InChI is InChI=1S/C25H26N4O5/c1-5-10-33-17-9-7-6-8-15(17)20-16(13-26)24(27)34-25-21(20)22(28-29-25)14-11-18(30-2)23(32-4)19(12-14)31-3/h6-9,11-12,20H,5,10,27H2,1-4H3,(H,28,29)/t20-/m1/s1. The second-order valence-corrected chi connectivity index (χ2v) is 7.54. The summed E-state index contributed by atoms with van der Waals surface area (Å²) in [6.45, 7) is 2.58. The van der Waals surface area contributed by atoms with Gasteiger partial charge in [-0.2, -0.15) is 5.26 Å². The minimum atomic E-state index is -0.561. The molecule has 3 aromatic rings. The fourth-order valence-electron chi connectivity index (χ4n) is 4.06. The molecule has 0 fully saturated rings. The summed E-state index contributed by atoms with van der Waals surface area (Å²) in [5, 5.41) is 17.4. The van der Waals surface area contributed by atoms with E-state index in [0.717, 1.165) is 12.0 Å². The zero-order valence-electron chi connectivity index (χ0n) is 19.5. The summed E-state index contributed by atoms with van der Waals surface area (Å²) in [5.74, 6) is 1.83. The number of methoxy groups -OCH3 is 3. The number of aromatic nitrogens is 2. The van der Waals surface area contributed by atoms with E-state index in [1.807, 2.05) is 31.2 Å². The molecule has 0 saturated heterocycles. The molecule has 3 N–H and O–H groups in total. The number of H-pyrrole nitrogens is 1. The maximum atomic E-state index is 10.0. The van der Waals surface area contributed by atoms with E-state index in [2.05, 4.69) is 16.3 Å². The number of hydrogen-bond donors (Lipinski definition) is 2. The third-order valence-corrected chi connectivity index (χ3v) is 5.58. The van der Waals surface area contributed by atoms with Gasteiger partial charge in [0.05, 0.1) is 45.1 Å². The molecule has 0 radical (unpaired) electrons. The fourth-order valence-corrected chi connectivity index (χ4v) is 4.06. The van der Waals surface area contributed by atoms with Gasteiger partial charge < -0.3 is 29.4 Å². The van der Waals surface area contributed by atoms with E-state index in [1.165, 1.54) is 0 Å². The van der Waals surface area contributed by atoms with Gasteiger partial charge in [0.25, 0.3) is 0 Å². The molecule has 0 amide bonds. The molecule has 0 unspecified atom stereocenters. The van der Waals surface area contributed by atoms with E-state index in [9.17, 15) is 5.26 Å². The molecular weight excluding hydrogens is 436 g/mol. The maximum Gasteiger partial charge on any atom is 0.244 e. The van der Waals surface area contributed by atoms with Gasteiger partial charge in [-0.05, 0) is 24.6 Å². The molecule has 0 saturated carbocycles. The van der Waals surface area contributed by atoms with Crippen molar-refractivity contribution in [2.75, 3.05) is 27.9 Å². The minimum Gasteiger partial charge on any atom is -0.493 e. The van der Waals surface area contributed by atoms with Crippen LogP contribution in [0.4, 0.5) is 0 Å². The smallest absolute Gasteiger partial charge is 0.244 e. The number of benzene rings is 2. The van der Waals surface area contributed by atoms with Crippen LogP contribution in [-0.2, 0) is 0 Å². The molecule has 34 heavy (non-hydrogen) atoms. The summed E-state index contributed by atoms with van der Waals surface area (Å²) < 4.78 is 28.2. The third-order valence-electron chi connectivity index (χ3n) is 5.58. The summed E-state index contributed by atoms with van der Waals surface area (Å²) in [6, 6.07) is 13.4. The molecule has 1 atom stereocenters. The number of nitriles is 1. The lowest BCUT2D eigenvalue weighted by atomic mass is 9.82. The van der Waals surface area contributed by atoms with Gasteiger partial charge >= 0.3 is 0 Å². The highest BCUT2D eigenvalue weighted by Crippen LogP contribution is 2.49. The Morgan fingerprint density at radius 2 is 1.79 bits per heavy atom. The van der Waals surface area contributed by atoms with Crippen molar-refractivity contribution < 1.29 is 23.7 Å². The Morgan fingerprint density at radius 1 is 1.09 bits per heavy atom. The molecule has 176 valence electrons. The molecule has 0 spiro atoms. The van der Waals surface area contributed by atoms with Crippen molar-refractivity contribution in [3.63, 3.8) is 0 Å². The van der Waals surface area contributed by atoms with E-state index >= 15 is 0 Å². The Labute approximate surface area is 197 Å². The first-order chi connectivity index (χ1) is 16.6. The van der Waals surface area contributed by atoms with Gasteiger partial charge in [-0.1, -0.05) is 25.1 Å². The van der Waals surface area contributed by atoms with Gasteiger partial charge in [0, 0.05) is 11.1 Å². The van der Waals surface area contributed by atoms with E-state index in [4.69, 9.17) is 29.4 Å². The molecule has 1 aromatic heterocycles. The first-order valence-electron chi connectivity index (χ1n) is 10.8. The van der Waals surface area contributed by atoms with Gasteiger partial charge in [0.2, 0.25) is 17.5 Å². The predicted molar refractivity (Wildman–Crippen MR) is 125 cm³/mol. The number of ether oxygens (including phenoxy) is 5. The van der Waals surface area contributed by atoms with Gasteiger partial charge in [-0.3, -0.25) is 5.10 Å². The van der Waals surface area contributed by atoms with Crippen LogP contribution in [0.5, 0.6) is 28.9 Å². The van der Waals surface area contributed by atoms with Crippen LogP contribution in [0.15, 0.2) is 47.9 Å². The predicted octanol–water partition coefficient (Wildman–Crippen LogP) is 4.11. The quantitative estimate of drug-likeness (QED) is 0.512. The van der Waals surface area contributed by atoms with Crippen LogP contribution in [0.2, 0.25) is 0 Å². The highest BCUT2D eigenvalue weighted by molar-refractivity contribution is 5.75. The lowest BCUT2D eigenvalue weighted by Crippen LogP contribution is -2.21. The summed E-state index contributed by atoms with van der Waals surface area (Å²) in [6.07, 6.45) is 0.846. The summed E-state index contributed by atoms with van der Waals surface area (Å²) in [7, 11) is 4.64. The average molecular weight is 463 g/mol. The second-order valence-electron chi connectivity index (χ2n) is 7.54. The Balaban J connectivity index is 1.95. The lowest BCUT2D eigenvalue weighted by Gasteiger charge is -2.26. The number of nitrogens with zero attached hydrogens (tertiary/aromatic N) is 2. The van der Waals surface area contributed by atoms with Crippen LogP contribution in [-0.4, -0.2) is 38.1 Å². The molecule has 9 heteroatoms. The summed E-state index contributed by atoms with van der Waals surface area (Å²) >= 11 is 0. The normalized spacial score (nSPS) is 14.6. The van der Waals surface area contributed by atoms with Gasteiger partial charge in [-0.25, -0.2) is 0 Å². The van der Waals surface area contributed by atoms with Crippen LogP contribution in [0, 0.1) is 11.3 Å². The first-order valence-corrected chi connectivity index (χ1v) is 10.8. The lowest BCUT2D eigenvalue weighted by molar-refractivity contribution is 0.312. The number of hydrogen-bond acceptors (Lipinski definition) is 8. The molecule has 0 bridgehead atoms.